The van der Waals surface area contributed by atoms with E-state index in [2.05, 4.69) is 35.7 Å². The molecule has 2 heterocycles. The van der Waals surface area contributed by atoms with Crippen LogP contribution in [0.25, 0.3) is 0 Å². The fourth-order valence-electron chi connectivity index (χ4n) is 2.89. The Morgan fingerprint density at radius 1 is 0.795 bits per heavy atom. The van der Waals surface area contributed by atoms with E-state index in [0.29, 0.717) is 24.6 Å². The van der Waals surface area contributed by atoms with Gasteiger partial charge in [-0.2, -0.15) is 10.2 Å². The number of ether oxygens (including phenoxy) is 4. The number of hydrogen-bond donors (Lipinski definition) is 5. The van der Waals surface area contributed by atoms with E-state index in [1.165, 1.54) is 6.33 Å². The molecule has 2 aromatic carbocycles. The lowest BCUT2D eigenvalue weighted by atomic mass is 10.2. The molecular formula is C24H30N8O7. The average molecular weight is 543 g/mol. The van der Waals surface area contributed by atoms with Crippen molar-refractivity contribution in [2.24, 2.45) is 5.73 Å². The van der Waals surface area contributed by atoms with Crippen molar-refractivity contribution in [1.29, 1.82) is 0 Å². The number of benzene rings is 2. The number of aromatic carboxylic acids is 1. The maximum atomic E-state index is 11.7. The highest BCUT2D eigenvalue weighted by Crippen LogP contribution is 2.28. The minimum absolute atomic E-state index is 0.134. The molecule has 0 unspecified atom stereocenters. The van der Waals surface area contributed by atoms with Crippen LogP contribution in [0.2, 0.25) is 0 Å². The highest BCUT2D eigenvalue weighted by Gasteiger charge is 2.09. The molecule has 6 N–H and O–H groups in total. The van der Waals surface area contributed by atoms with E-state index in [4.69, 9.17) is 29.8 Å². The van der Waals surface area contributed by atoms with E-state index in [1.54, 1.807) is 40.6 Å². The van der Waals surface area contributed by atoms with Crippen LogP contribution in [0.4, 0.5) is 0 Å². The lowest BCUT2D eigenvalue weighted by molar-refractivity contribution is 0.0683. The first-order valence-corrected chi connectivity index (χ1v) is 11.2. The standard InChI is InChI=1S/C12H14N4O3.C9H13NO2.C3H3N3O2/c1-18-9-4-3-8(5-10(9)19-2)6-13-12(17)11-14-7-15-16-11;1-11-8-4-3-7(6-10)5-9(8)12-2;7-3(8)2-4-1-5-6-2/h3-5,7H,6H2,1-2H3,(H,13,17)(H,14,15,16);3-5H,6,10H2,1-2H3;1H,(H,7,8)(H,4,5,6). The van der Waals surface area contributed by atoms with Crippen molar-refractivity contribution in [1.82, 2.24) is 35.7 Å². The number of rotatable bonds is 9. The molecule has 0 bridgehead atoms. The van der Waals surface area contributed by atoms with E-state index in [9.17, 15) is 9.59 Å². The maximum absolute atomic E-state index is 11.7. The van der Waals surface area contributed by atoms with Crippen LogP contribution < -0.4 is 30.0 Å². The molecule has 1 amide bonds. The number of carboxylic acids is 1. The lowest BCUT2D eigenvalue weighted by Gasteiger charge is -2.09. The molecule has 39 heavy (non-hydrogen) atoms. The van der Waals surface area contributed by atoms with Crippen LogP contribution in [-0.4, -0.2) is 75.8 Å². The molecule has 15 heteroatoms. The van der Waals surface area contributed by atoms with Crippen molar-refractivity contribution in [2.75, 3.05) is 28.4 Å². The van der Waals surface area contributed by atoms with Crippen LogP contribution in [-0.2, 0) is 13.1 Å². The number of H-pyrrole nitrogens is 2. The number of carboxylic acid groups (broad SMARTS) is 1. The van der Waals surface area contributed by atoms with Crippen molar-refractivity contribution in [3.63, 3.8) is 0 Å². The number of nitrogens with zero attached hydrogens (tertiary/aromatic N) is 4. The Labute approximate surface area is 223 Å². The van der Waals surface area contributed by atoms with Crippen LogP contribution >= 0.6 is 0 Å². The van der Waals surface area contributed by atoms with Gasteiger partial charge in [0.2, 0.25) is 11.6 Å². The number of carbonyl (C=O) groups excluding carboxylic acids is 1. The van der Waals surface area contributed by atoms with Crippen LogP contribution in [0.5, 0.6) is 23.0 Å². The summed E-state index contributed by atoms with van der Waals surface area (Å²) < 4.78 is 20.5. The number of methoxy groups -OCH3 is 4. The topological polar surface area (TPSA) is 212 Å². The van der Waals surface area contributed by atoms with E-state index >= 15 is 0 Å². The summed E-state index contributed by atoms with van der Waals surface area (Å²) in [6.45, 7) is 0.875. The highest BCUT2D eigenvalue weighted by atomic mass is 16.5. The Bertz CT molecular complexity index is 1300. The van der Waals surface area contributed by atoms with Crippen molar-refractivity contribution < 1.29 is 33.6 Å². The molecule has 0 spiro atoms. The van der Waals surface area contributed by atoms with Gasteiger partial charge in [-0.05, 0) is 35.4 Å². The summed E-state index contributed by atoms with van der Waals surface area (Å²) in [5.74, 6) is 1.36. The number of amides is 1. The first-order chi connectivity index (χ1) is 18.9. The second-order valence-corrected chi connectivity index (χ2v) is 7.24. The second kappa shape index (κ2) is 15.8. The summed E-state index contributed by atoms with van der Waals surface area (Å²) >= 11 is 0. The Balaban J connectivity index is 0.000000227. The Morgan fingerprint density at radius 2 is 1.28 bits per heavy atom. The predicted molar refractivity (Wildman–Crippen MR) is 138 cm³/mol. The highest BCUT2D eigenvalue weighted by molar-refractivity contribution is 5.90. The van der Waals surface area contributed by atoms with Crippen molar-refractivity contribution in [3.05, 3.63) is 71.8 Å². The van der Waals surface area contributed by atoms with Gasteiger partial charge in [0, 0.05) is 13.1 Å². The third-order valence-electron chi connectivity index (χ3n) is 4.83. The van der Waals surface area contributed by atoms with Crippen LogP contribution in [0.1, 0.15) is 32.4 Å². The molecule has 2 aromatic heterocycles. The molecule has 0 aliphatic carbocycles. The van der Waals surface area contributed by atoms with Gasteiger partial charge in [0.25, 0.3) is 5.91 Å². The molecule has 0 fully saturated rings. The third-order valence-corrected chi connectivity index (χ3v) is 4.83. The number of aromatic amines is 2. The monoisotopic (exact) mass is 542 g/mol. The Hall–Kier alpha value is -5.18. The van der Waals surface area contributed by atoms with Crippen LogP contribution in [0, 0.1) is 0 Å². The van der Waals surface area contributed by atoms with Gasteiger partial charge in [0.05, 0.1) is 28.4 Å². The van der Waals surface area contributed by atoms with Gasteiger partial charge in [0.1, 0.15) is 12.7 Å². The minimum Gasteiger partial charge on any atom is -0.493 e. The summed E-state index contributed by atoms with van der Waals surface area (Å²) in [5, 5.41) is 22.5. The molecule has 4 rings (SSSR count). The van der Waals surface area contributed by atoms with E-state index in [1.807, 2.05) is 24.3 Å². The van der Waals surface area contributed by atoms with Gasteiger partial charge in [-0.1, -0.05) is 12.1 Å². The molecule has 15 nitrogen and oxygen atoms in total. The van der Waals surface area contributed by atoms with Gasteiger partial charge in [-0.15, -0.1) is 0 Å². The summed E-state index contributed by atoms with van der Waals surface area (Å²) in [7, 11) is 6.36. The fraction of sp³-hybridized carbons (Fsp3) is 0.250. The zero-order valence-electron chi connectivity index (χ0n) is 21.8. The summed E-state index contributed by atoms with van der Waals surface area (Å²) in [5.41, 5.74) is 7.40. The second-order valence-electron chi connectivity index (χ2n) is 7.24. The molecule has 0 saturated heterocycles. The molecule has 208 valence electrons. The first-order valence-electron chi connectivity index (χ1n) is 11.2. The number of aromatic nitrogens is 6. The summed E-state index contributed by atoms with van der Waals surface area (Å²) in [6, 6.07) is 11.1. The zero-order valence-corrected chi connectivity index (χ0v) is 21.8. The Kier molecular flexibility index (Phi) is 12.2. The molecule has 0 saturated carbocycles. The number of nitrogens with one attached hydrogen (secondary N) is 3. The Morgan fingerprint density at radius 3 is 1.69 bits per heavy atom. The van der Waals surface area contributed by atoms with E-state index < -0.39 is 5.97 Å². The summed E-state index contributed by atoms with van der Waals surface area (Å²) in [4.78, 5) is 28.7. The van der Waals surface area contributed by atoms with Gasteiger partial charge >= 0.3 is 5.97 Å². The van der Waals surface area contributed by atoms with E-state index in [-0.39, 0.29) is 17.6 Å². The zero-order chi connectivity index (χ0) is 28.6. The summed E-state index contributed by atoms with van der Waals surface area (Å²) in [6.07, 6.45) is 2.43. The normalized spacial score (nSPS) is 9.67. The van der Waals surface area contributed by atoms with Crippen molar-refractivity contribution >= 4 is 11.9 Å². The molecule has 0 atom stereocenters. The SMILES string of the molecule is COc1ccc(CN)cc1OC.COc1ccc(CNC(=O)c2ncn[nH]2)cc1OC.O=C(O)c1ncn[nH]1. The average Bonchev–Trinajstić information content (AvgIpc) is 3.71. The van der Waals surface area contributed by atoms with E-state index in [0.717, 1.165) is 29.0 Å². The molecular weight excluding hydrogens is 512 g/mol. The quantitative estimate of drug-likeness (QED) is 0.203. The van der Waals surface area contributed by atoms with Crippen LogP contribution in [0.3, 0.4) is 0 Å². The van der Waals surface area contributed by atoms with Gasteiger partial charge in [-0.3, -0.25) is 15.0 Å². The molecule has 0 radical (unpaired) electrons. The van der Waals surface area contributed by atoms with Gasteiger partial charge in [0.15, 0.2) is 23.0 Å². The van der Waals surface area contributed by atoms with Crippen molar-refractivity contribution in [2.45, 2.75) is 13.1 Å². The molecule has 0 aliphatic rings. The van der Waals surface area contributed by atoms with Crippen molar-refractivity contribution in [3.8, 4) is 23.0 Å². The number of nitrogens with two attached hydrogens (primary N) is 1. The third kappa shape index (κ3) is 9.32. The van der Waals surface area contributed by atoms with Crippen LogP contribution in [0.15, 0.2) is 49.1 Å². The number of carbonyl (C=O) groups is 2. The fourth-order valence-corrected chi connectivity index (χ4v) is 2.89. The predicted octanol–water partition coefficient (Wildman–Crippen LogP) is 1.42. The van der Waals surface area contributed by atoms with Gasteiger partial charge in [-0.25, -0.2) is 14.8 Å². The smallest absolute Gasteiger partial charge is 0.373 e. The minimum atomic E-state index is -1.09. The van der Waals surface area contributed by atoms with Gasteiger partial charge < -0.3 is 35.1 Å². The lowest BCUT2D eigenvalue weighted by Crippen LogP contribution is -2.24. The number of hydrogen-bond acceptors (Lipinski definition) is 11. The molecule has 0 aliphatic heterocycles. The first kappa shape index (κ1) is 30.0. The molecule has 4 aromatic rings. The largest absolute Gasteiger partial charge is 0.493 e. The maximum Gasteiger partial charge on any atom is 0.373 e.